The molecule has 2 rings (SSSR count). The van der Waals surface area contributed by atoms with Crippen LogP contribution >= 0.6 is 36.2 Å². The van der Waals surface area contributed by atoms with E-state index in [9.17, 15) is 4.79 Å². The summed E-state index contributed by atoms with van der Waals surface area (Å²) < 4.78 is 0. The number of carbonyl (C=O) groups is 1. The first kappa shape index (κ1) is 19.6. The highest BCUT2D eigenvalue weighted by atomic mass is 35.5. The number of halogens is 2. The number of nitrogens with zero attached hydrogens (tertiary/aromatic N) is 2. The first-order chi connectivity index (χ1) is 8.57. The Kier molecular flexibility index (Phi) is 8.03. The Bertz CT molecular complexity index is 433. The van der Waals surface area contributed by atoms with Gasteiger partial charge in [-0.25, -0.2) is 4.98 Å². The first-order valence-corrected chi connectivity index (χ1v) is 7.31. The highest BCUT2D eigenvalue weighted by Crippen LogP contribution is 2.26. The second kappa shape index (κ2) is 8.17. The molecule has 1 N–H and O–H groups in total. The standard InChI is InChI=1S/C13H21N3OS.2ClH/c1-4-13(6-5-7-15-13)12(17)16(3)9-11-8-14-10(2)18-11;;/h8,15H,4-7,9H2,1-3H3;2*1H. The molecule has 0 saturated carbocycles. The molecule has 2 heterocycles. The molecule has 0 radical (unpaired) electrons. The zero-order valence-corrected chi connectivity index (χ0v) is 14.6. The van der Waals surface area contributed by atoms with Crippen LogP contribution in [0.15, 0.2) is 6.20 Å². The lowest BCUT2D eigenvalue weighted by Crippen LogP contribution is -2.53. The third kappa shape index (κ3) is 4.07. The summed E-state index contributed by atoms with van der Waals surface area (Å²) >= 11 is 1.66. The molecule has 1 aliphatic heterocycles. The monoisotopic (exact) mass is 339 g/mol. The number of aromatic nitrogens is 1. The van der Waals surface area contributed by atoms with Crippen molar-refractivity contribution < 1.29 is 4.79 Å². The highest BCUT2D eigenvalue weighted by molar-refractivity contribution is 7.11. The normalized spacial score (nSPS) is 20.9. The van der Waals surface area contributed by atoms with E-state index in [0.29, 0.717) is 6.54 Å². The zero-order chi connectivity index (χ0) is 13.2. The number of likely N-dealkylation sites (N-methyl/N-ethyl adjacent to an activating group) is 1. The van der Waals surface area contributed by atoms with Crippen LogP contribution in [-0.4, -0.2) is 34.9 Å². The van der Waals surface area contributed by atoms with Crippen molar-refractivity contribution in [3.8, 4) is 0 Å². The predicted molar refractivity (Wildman–Crippen MR) is 88.1 cm³/mol. The van der Waals surface area contributed by atoms with Crippen molar-refractivity contribution in [2.45, 2.75) is 45.2 Å². The number of thiazole rings is 1. The number of nitrogens with one attached hydrogen (secondary N) is 1. The van der Waals surface area contributed by atoms with Crippen LogP contribution in [-0.2, 0) is 11.3 Å². The van der Waals surface area contributed by atoms with Crippen LogP contribution in [0.2, 0.25) is 0 Å². The minimum absolute atomic E-state index is 0. The average molecular weight is 340 g/mol. The van der Waals surface area contributed by atoms with Crippen molar-refractivity contribution in [3.63, 3.8) is 0 Å². The van der Waals surface area contributed by atoms with E-state index < -0.39 is 0 Å². The largest absolute Gasteiger partial charge is 0.339 e. The summed E-state index contributed by atoms with van der Waals surface area (Å²) in [4.78, 5) is 19.8. The molecule has 1 aliphatic rings. The van der Waals surface area contributed by atoms with Gasteiger partial charge in [-0.1, -0.05) is 6.92 Å². The smallest absolute Gasteiger partial charge is 0.242 e. The Hall–Kier alpha value is -0.360. The van der Waals surface area contributed by atoms with Crippen molar-refractivity contribution in [3.05, 3.63) is 16.1 Å². The van der Waals surface area contributed by atoms with Gasteiger partial charge in [0.15, 0.2) is 0 Å². The van der Waals surface area contributed by atoms with Crippen LogP contribution in [0.3, 0.4) is 0 Å². The molecule has 20 heavy (non-hydrogen) atoms. The van der Waals surface area contributed by atoms with Crippen molar-refractivity contribution in [1.82, 2.24) is 15.2 Å². The molecule has 0 aromatic carbocycles. The summed E-state index contributed by atoms with van der Waals surface area (Å²) in [5, 5.41) is 4.44. The van der Waals surface area contributed by atoms with Gasteiger partial charge in [0.25, 0.3) is 0 Å². The van der Waals surface area contributed by atoms with E-state index in [2.05, 4.69) is 17.2 Å². The molecular weight excluding hydrogens is 317 g/mol. The molecule has 1 saturated heterocycles. The van der Waals surface area contributed by atoms with E-state index in [1.54, 1.807) is 11.3 Å². The first-order valence-electron chi connectivity index (χ1n) is 6.49. The van der Waals surface area contributed by atoms with Crippen LogP contribution in [0.5, 0.6) is 0 Å². The average Bonchev–Trinajstić information content (AvgIpc) is 2.98. The van der Waals surface area contributed by atoms with Gasteiger partial charge in [0, 0.05) is 18.1 Å². The van der Waals surface area contributed by atoms with E-state index >= 15 is 0 Å². The molecule has 0 aliphatic carbocycles. The molecule has 7 heteroatoms. The minimum atomic E-state index is -0.325. The second-order valence-electron chi connectivity index (χ2n) is 4.97. The molecule has 1 aromatic heterocycles. The van der Waals surface area contributed by atoms with Gasteiger partial charge in [-0.3, -0.25) is 4.79 Å². The number of hydrogen-bond donors (Lipinski definition) is 1. The van der Waals surface area contributed by atoms with E-state index in [4.69, 9.17) is 0 Å². The van der Waals surface area contributed by atoms with Crippen LogP contribution in [0.25, 0.3) is 0 Å². The van der Waals surface area contributed by atoms with Crippen LogP contribution in [0.4, 0.5) is 0 Å². The van der Waals surface area contributed by atoms with Gasteiger partial charge in [-0.05, 0) is 32.7 Å². The number of carbonyl (C=O) groups excluding carboxylic acids is 1. The number of rotatable bonds is 4. The van der Waals surface area contributed by atoms with Gasteiger partial charge in [0.1, 0.15) is 0 Å². The molecule has 1 atom stereocenters. The SMILES string of the molecule is CCC1(C(=O)N(C)Cc2cnc(C)s2)CCCN1.Cl.Cl. The quantitative estimate of drug-likeness (QED) is 0.917. The molecule has 4 nitrogen and oxygen atoms in total. The summed E-state index contributed by atoms with van der Waals surface area (Å²) in [5.74, 6) is 0.216. The lowest BCUT2D eigenvalue weighted by atomic mass is 9.92. The summed E-state index contributed by atoms with van der Waals surface area (Å²) in [5.41, 5.74) is -0.325. The number of amides is 1. The van der Waals surface area contributed by atoms with Gasteiger partial charge < -0.3 is 10.2 Å². The number of aryl methyl sites for hydroxylation is 1. The third-order valence-electron chi connectivity index (χ3n) is 3.67. The fourth-order valence-electron chi connectivity index (χ4n) is 2.59. The molecule has 0 bridgehead atoms. The number of hydrogen-bond acceptors (Lipinski definition) is 4. The summed E-state index contributed by atoms with van der Waals surface area (Å²) in [7, 11) is 1.88. The topological polar surface area (TPSA) is 45.2 Å². The Labute approximate surface area is 137 Å². The highest BCUT2D eigenvalue weighted by Gasteiger charge is 2.40. The van der Waals surface area contributed by atoms with E-state index in [1.165, 1.54) is 0 Å². The summed E-state index contributed by atoms with van der Waals surface area (Å²) in [6.45, 7) is 5.68. The fourth-order valence-corrected chi connectivity index (χ4v) is 3.44. The van der Waals surface area contributed by atoms with Crippen molar-refractivity contribution in [1.29, 1.82) is 0 Å². The maximum Gasteiger partial charge on any atom is 0.242 e. The lowest BCUT2D eigenvalue weighted by molar-refractivity contribution is -0.137. The molecule has 116 valence electrons. The molecule has 1 unspecified atom stereocenters. The van der Waals surface area contributed by atoms with E-state index in [-0.39, 0.29) is 36.3 Å². The van der Waals surface area contributed by atoms with Gasteiger partial charge in [0.2, 0.25) is 5.91 Å². The Balaban J connectivity index is 0.00000180. The van der Waals surface area contributed by atoms with Gasteiger partial charge >= 0.3 is 0 Å². The predicted octanol–water partition coefficient (Wildman–Crippen LogP) is 2.79. The van der Waals surface area contributed by atoms with Gasteiger partial charge in [0.05, 0.1) is 17.1 Å². The van der Waals surface area contributed by atoms with E-state index in [1.807, 2.05) is 25.1 Å². The third-order valence-corrected chi connectivity index (χ3v) is 4.56. The van der Waals surface area contributed by atoms with Crippen LogP contribution in [0.1, 0.15) is 36.1 Å². The summed E-state index contributed by atoms with van der Waals surface area (Å²) in [6.07, 6.45) is 4.77. The second-order valence-corrected chi connectivity index (χ2v) is 6.29. The lowest BCUT2D eigenvalue weighted by Gasteiger charge is -2.31. The minimum Gasteiger partial charge on any atom is -0.339 e. The van der Waals surface area contributed by atoms with Crippen molar-refractivity contribution in [2.75, 3.05) is 13.6 Å². The van der Waals surface area contributed by atoms with Gasteiger partial charge in [-0.2, -0.15) is 0 Å². The molecule has 1 amide bonds. The molecule has 0 spiro atoms. The van der Waals surface area contributed by atoms with Crippen LogP contribution in [0, 0.1) is 6.92 Å². The van der Waals surface area contributed by atoms with Crippen molar-refractivity contribution >= 4 is 42.1 Å². The zero-order valence-electron chi connectivity index (χ0n) is 12.1. The molecule has 1 aromatic rings. The fraction of sp³-hybridized carbons (Fsp3) is 0.692. The van der Waals surface area contributed by atoms with Crippen LogP contribution < -0.4 is 5.32 Å². The Morgan fingerprint density at radius 3 is 2.70 bits per heavy atom. The van der Waals surface area contributed by atoms with Crippen molar-refractivity contribution in [2.24, 2.45) is 0 Å². The molecule has 1 fully saturated rings. The van der Waals surface area contributed by atoms with Gasteiger partial charge in [-0.15, -0.1) is 36.2 Å². The summed E-state index contributed by atoms with van der Waals surface area (Å²) in [6, 6.07) is 0. The Morgan fingerprint density at radius 1 is 1.55 bits per heavy atom. The maximum atomic E-state index is 12.6. The van der Waals surface area contributed by atoms with E-state index in [0.717, 1.165) is 35.7 Å². The maximum absolute atomic E-state index is 12.6. The molecular formula is C13H23Cl2N3OS. The Morgan fingerprint density at radius 2 is 2.25 bits per heavy atom.